The smallest absolute Gasteiger partial charge is 0.290 e. The van der Waals surface area contributed by atoms with Crippen LogP contribution in [0.1, 0.15) is 38.3 Å². The molecule has 2 rings (SSSR count). The number of carbonyl (C=O) groups excluding carboxylic acids is 2. The summed E-state index contributed by atoms with van der Waals surface area (Å²) in [5.74, 6) is -1.30. The predicted octanol–water partition coefficient (Wildman–Crippen LogP) is 2.74. The molecule has 1 atom stereocenters. The zero-order chi connectivity index (χ0) is 18.6. The highest BCUT2D eigenvalue weighted by molar-refractivity contribution is 6.09. The van der Waals surface area contributed by atoms with Gasteiger partial charge in [-0.2, -0.15) is 0 Å². The van der Waals surface area contributed by atoms with Crippen molar-refractivity contribution >= 4 is 11.7 Å². The van der Waals surface area contributed by atoms with Crippen molar-refractivity contribution in [3.8, 4) is 5.75 Å². The minimum atomic E-state index is -0.781. The molecule has 6 heteroatoms. The van der Waals surface area contributed by atoms with Gasteiger partial charge in [-0.05, 0) is 18.4 Å². The minimum Gasteiger partial charge on any atom is -0.508 e. The number of aromatic hydroxyl groups is 1. The summed E-state index contributed by atoms with van der Waals surface area (Å²) in [6, 6.07) is 5.79. The Morgan fingerprint density at radius 2 is 1.96 bits per heavy atom. The molecule has 136 valence electrons. The van der Waals surface area contributed by atoms with Gasteiger partial charge in [0.1, 0.15) is 5.75 Å². The van der Waals surface area contributed by atoms with Gasteiger partial charge in [-0.3, -0.25) is 9.59 Å². The highest BCUT2D eigenvalue weighted by atomic mass is 16.5. The Morgan fingerprint density at radius 1 is 1.28 bits per heavy atom. The van der Waals surface area contributed by atoms with Crippen molar-refractivity contribution in [3.05, 3.63) is 41.2 Å². The largest absolute Gasteiger partial charge is 0.508 e. The molecule has 0 aliphatic carbocycles. The molecule has 2 N–H and O–H groups in total. The number of phenolic OH excluding ortho intramolecular Hbond substituents is 1. The monoisotopic (exact) mass is 347 g/mol. The molecule has 0 radical (unpaired) electrons. The van der Waals surface area contributed by atoms with E-state index in [2.05, 4.69) is 0 Å². The predicted molar refractivity (Wildman–Crippen MR) is 93.2 cm³/mol. The van der Waals surface area contributed by atoms with Crippen molar-refractivity contribution in [2.75, 3.05) is 20.3 Å². The first-order chi connectivity index (χ1) is 11.9. The van der Waals surface area contributed by atoms with Gasteiger partial charge >= 0.3 is 0 Å². The number of hydrogen-bond donors (Lipinski definition) is 2. The van der Waals surface area contributed by atoms with Crippen LogP contribution in [0.2, 0.25) is 0 Å². The van der Waals surface area contributed by atoms with Crippen LogP contribution in [0.3, 0.4) is 0 Å². The Kier molecular flexibility index (Phi) is 6.20. The van der Waals surface area contributed by atoms with Crippen LogP contribution >= 0.6 is 0 Å². The van der Waals surface area contributed by atoms with Crippen LogP contribution in [0.25, 0.3) is 0 Å². The lowest BCUT2D eigenvalue weighted by atomic mass is 9.91. The van der Waals surface area contributed by atoms with E-state index in [0.717, 1.165) is 0 Å². The van der Waals surface area contributed by atoms with Gasteiger partial charge in [-0.25, -0.2) is 0 Å². The molecular weight excluding hydrogens is 322 g/mol. The fourth-order valence-electron chi connectivity index (χ4n) is 3.07. The number of ether oxygens (including phenoxy) is 1. The second-order valence-electron chi connectivity index (χ2n) is 6.59. The zero-order valence-corrected chi connectivity index (χ0v) is 14.9. The van der Waals surface area contributed by atoms with Crippen molar-refractivity contribution in [3.63, 3.8) is 0 Å². The van der Waals surface area contributed by atoms with Gasteiger partial charge in [0.25, 0.3) is 5.91 Å². The molecule has 1 aromatic rings. The van der Waals surface area contributed by atoms with Crippen LogP contribution in [0, 0.1) is 5.92 Å². The van der Waals surface area contributed by atoms with Crippen LogP contribution in [-0.4, -0.2) is 47.1 Å². The van der Waals surface area contributed by atoms with E-state index >= 15 is 0 Å². The summed E-state index contributed by atoms with van der Waals surface area (Å²) in [5, 5.41) is 20.6. The van der Waals surface area contributed by atoms with E-state index < -0.39 is 17.7 Å². The topological polar surface area (TPSA) is 87.1 Å². The molecule has 1 aliphatic rings. The summed E-state index contributed by atoms with van der Waals surface area (Å²) in [5.41, 5.74) is 0.502. The maximum absolute atomic E-state index is 12.7. The fraction of sp³-hybridized carbons (Fsp3) is 0.474. The second kappa shape index (κ2) is 8.16. The molecule has 0 fully saturated rings. The Hall–Kier alpha value is -2.34. The number of amides is 1. The van der Waals surface area contributed by atoms with E-state index in [1.165, 1.54) is 11.0 Å². The lowest BCUT2D eigenvalue weighted by Crippen LogP contribution is -2.32. The molecule has 1 amide bonds. The van der Waals surface area contributed by atoms with E-state index in [1.807, 2.05) is 13.8 Å². The van der Waals surface area contributed by atoms with Gasteiger partial charge < -0.3 is 19.8 Å². The van der Waals surface area contributed by atoms with E-state index in [1.54, 1.807) is 25.3 Å². The van der Waals surface area contributed by atoms with Crippen LogP contribution < -0.4 is 0 Å². The van der Waals surface area contributed by atoms with Gasteiger partial charge in [-0.1, -0.05) is 32.0 Å². The first kappa shape index (κ1) is 19.0. The number of aliphatic hydroxyl groups is 1. The van der Waals surface area contributed by atoms with E-state index in [0.29, 0.717) is 25.1 Å². The molecule has 1 aliphatic heterocycles. The molecule has 0 bridgehead atoms. The first-order valence-corrected chi connectivity index (χ1v) is 8.42. The van der Waals surface area contributed by atoms with Gasteiger partial charge in [-0.15, -0.1) is 0 Å². The van der Waals surface area contributed by atoms with Crippen molar-refractivity contribution in [1.82, 2.24) is 4.90 Å². The molecular formula is C19H25NO5. The SMILES string of the molecule is COCCCN1C(=O)C(O)=C(C(=O)CC(C)C)C1c1ccccc1O. The number of aliphatic hydroxyl groups excluding tert-OH is 1. The second-order valence-corrected chi connectivity index (χ2v) is 6.59. The lowest BCUT2D eigenvalue weighted by molar-refractivity contribution is -0.129. The number of rotatable bonds is 8. The maximum Gasteiger partial charge on any atom is 0.290 e. The van der Waals surface area contributed by atoms with Gasteiger partial charge in [0.15, 0.2) is 11.5 Å². The molecule has 1 unspecified atom stereocenters. The Labute approximate surface area is 147 Å². The molecule has 1 heterocycles. The first-order valence-electron chi connectivity index (χ1n) is 8.42. The summed E-state index contributed by atoms with van der Waals surface area (Å²) < 4.78 is 5.02. The number of ketones is 1. The summed E-state index contributed by atoms with van der Waals surface area (Å²) in [4.78, 5) is 26.6. The summed E-state index contributed by atoms with van der Waals surface area (Å²) in [6.45, 7) is 4.57. The third-order valence-electron chi connectivity index (χ3n) is 4.18. The number of benzene rings is 1. The van der Waals surface area contributed by atoms with Crippen LogP contribution in [0.5, 0.6) is 5.75 Å². The number of methoxy groups -OCH3 is 1. The van der Waals surface area contributed by atoms with Gasteiger partial charge in [0, 0.05) is 32.2 Å². The van der Waals surface area contributed by atoms with E-state index in [4.69, 9.17) is 4.74 Å². The van der Waals surface area contributed by atoms with E-state index in [-0.39, 0.29) is 29.4 Å². The Balaban J connectivity index is 2.45. The molecule has 0 spiro atoms. The van der Waals surface area contributed by atoms with Crippen molar-refractivity contribution in [2.45, 2.75) is 32.7 Å². The average Bonchev–Trinajstić information content (AvgIpc) is 2.80. The number of carbonyl (C=O) groups is 2. The molecule has 6 nitrogen and oxygen atoms in total. The highest BCUT2D eigenvalue weighted by Gasteiger charge is 2.43. The third kappa shape index (κ3) is 4.02. The summed E-state index contributed by atoms with van der Waals surface area (Å²) in [7, 11) is 1.57. The number of para-hydroxylation sites is 1. The molecule has 0 aromatic heterocycles. The lowest BCUT2D eigenvalue weighted by Gasteiger charge is -2.27. The van der Waals surface area contributed by atoms with Crippen molar-refractivity contribution in [1.29, 1.82) is 0 Å². The highest BCUT2D eigenvalue weighted by Crippen LogP contribution is 2.41. The number of phenols is 1. The maximum atomic E-state index is 12.7. The minimum absolute atomic E-state index is 0.0124. The molecule has 0 saturated heterocycles. The number of nitrogens with zero attached hydrogens (tertiary/aromatic N) is 1. The van der Waals surface area contributed by atoms with Crippen LogP contribution in [0.15, 0.2) is 35.6 Å². The Bertz CT molecular complexity index is 680. The zero-order valence-electron chi connectivity index (χ0n) is 14.9. The fourth-order valence-corrected chi connectivity index (χ4v) is 3.07. The standard InChI is InChI=1S/C19H25NO5/c1-12(2)11-15(22)16-17(13-7-4-5-8-14(13)21)20(9-6-10-25-3)19(24)18(16)23/h4-5,7-8,12,17,21,23H,6,9-11H2,1-3H3. The normalized spacial score (nSPS) is 17.7. The van der Waals surface area contributed by atoms with Crippen molar-refractivity contribution in [2.24, 2.45) is 5.92 Å². The molecule has 1 aromatic carbocycles. The van der Waals surface area contributed by atoms with Crippen molar-refractivity contribution < 1.29 is 24.5 Å². The summed E-state index contributed by atoms with van der Waals surface area (Å²) in [6.07, 6.45) is 0.786. The Morgan fingerprint density at radius 3 is 2.56 bits per heavy atom. The number of Topliss-reactive ketones (excluding diaryl/α,β-unsaturated/α-hetero) is 1. The molecule has 25 heavy (non-hydrogen) atoms. The van der Waals surface area contributed by atoms with Crippen LogP contribution in [0.4, 0.5) is 0 Å². The average molecular weight is 347 g/mol. The van der Waals surface area contributed by atoms with Gasteiger partial charge in [0.05, 0.1) is 11.6 Å². The summed E-state index contributed by atoms with van der Waals surface area (Å²) >= 11 is 0. The quantitative estimate of drug-likeness (QED) is 0.706. The molecule has 0 saturated carbocycles. The van der Waals surface area contributed by atoms with Crippen LogP contribution in [-0.2, 0) is 14.3 Å². The third-order valence-corrected chi connectivity index (χ3v) is 4.18. The van der Waals surface area contributed by atoms with Gasteiger partial charge in [0.2, 0.25) is 0 Å². The van der Waals surface area contributed by atoms with E-state index in [9.17, 15) is 19.8 Å². The number of hydrogen-bond acceptors (Lipinski definition) is 5.